The van der Waals surface area contributed by atoms with E-state index in [2.05, 4.69) is 26.1 Å². The normalized spacial score (nSPS) is 23.4. The molecule has 1 aliphatic carbocycles. The molecule has 1 saturated carbocycles. The number of urea groups is 1. The van der Waals surface area contributed by atoms with Crippen LogP contribution in [-0.4, -0.2) is 40.6 Å². The van der Waals surface area contributed by atoms with Gasteiger partial charge in [-0.25, -0.2) is 4.79 Å². The number of carbonyl (C=O) groups is 2. The number of carbonyl (C=O) groups excluding carboxylic acids is 1. The van der Waals surface area contributed by atoms with Gasteiger partial charge >= 0.3 is 12.0 Å². The number of rotatable bonds is 7. The average Bonchev–Trinajstić information content (AvgIpc) is 2.87. The van der Waals surface area contributed by atoms with E-state index in [1.807, 2.05) is 4.90 Å². The third-order valence-electron chi connectivity index (χ3n) is 4.25. The molecule has 1 aliphatic rings. The summed E-state index contributed by atoms with van der Waals surface area (Å²) in [7, 11) is 0. The Labute approximate surface area is 121 Å². The molecule has 3 atom stereocenters. The Morgan fingerprint density at radius 1 is 1.35 bits per heavy atom. The number of amides is 2. The third-order valence-corrected chi connectivity index (χ3v) is 4.25. The Kier molecular flexibility index (Phi) is 6.82. The molecule has 0 aliphatic heterocycles. The van der Waals surface area contributed by atoms with E-state index >= 15 is 0 Å². The number of hydrogen-bond donors (Lipinski definition) is 2. The molecule has 20 heavy (non-hydrogen) atoms. The lowest BCUT2D eigenvalue weighted by molar-refractivity contribution is -0.141. The fraction of sp³-hybridized carbons (Fsp3) is 0.867. The van der Waals surface area contributed by atoms with Crippen molar-refractivity contribution in [2.24, 2.45) is 5.92 Å². The average molecular weight is 284 g/mol. The lowest BCUT2D eigenvalue weighted by Crippen LogP contribution is -2.48. The van der Waals surface area contributed by atoms with Crippen LogP contribution in [-0.2, 0) is 4.79 Å². The van der Waals surface area contributed by atoms with Crippen LogP contribution in [0.5, 0.6) is 0 Å². The predicted molar refractivity (Wildman–Crippen MR) is 78.7 cm³/mol. The number of carboxylic acids is 1. The van der Waals surface area contributed by atoms with Gasteiger partial charge in [-0.05, 0) is 39.0 Å². The highest BCUT2D eigenvalue weighted by molar-refractivity contribution is 5.75. The van der Waals surface area contributed by atoms with Gasteiger partial charge in [0.1, 0.15) is 0 Å². The second kappa shape index (κ2) is 8.12. The Hall–Kier alpha value is -1.26. The second-order valence-electron chi connectivity index (χ2n) is 5.80. The summed E-state index contributed by atoms with van der Waals surface area (Å²) in [6, 6.07) is 0.193. The summed E-state index contributed by atoms with van der Waals surface area (Å²) in [6.45, 7) is 7.02. The third kappa shape index (κ3) is 4.69. The molecule has 2 N–H and O–H groups in total. The van der Waals surface area contributed by atoms with E-state index in [0.29, 0.717) is 12.8 Å². The van der Waals surface area contributed by atoms with Crippen LogP contribution >= 0.6 is 0 Å². The van der Waals surface area contributed by atoms with Gasteiger partial charge in [0.15, 0.2) is 0 Å². The zero-order valence-electron chi connectivity index (χ0n) is 12.9. The molecule has 1 rings (SSSR count). The van der Waals surface area contributed by atoms with Crippen molar-refractivity contribution in [3.05, 3.63) is 0 Å². The van der Waals surface area contributed by atoms with Crippen molar-refractivity contribution in [1.82, 2.24) is 10.2 Å². The number of nitrogens with one attached hydrogen (secondary N) is 1. The van der Waals surface area contributed by atoms with Crippen LogP contribution in [0.4, 0.5) is 4.79 Å². The molecule has 2 amide bonds. The first kappa shape index (κ1) is 16.8. The summed E-state index contributed by atoms with van der Waals surface area (Å²) in [4.78, 5) is 25.2. The summed E-state index contributed by atoms with van der Waals surface area (Å²) in [5.74, 6) is -1.04. The van der Waals surface area contributed by atoms with E-state index in [1.54, 1.807) is 0 Å². The van der Waals surface area contributed by atoms with Crippen molar-refractivity contribution in [3.8, 4) is 0 Å². The van der Waals surface area contributed by atoms with Gasteiger partial charge in [0.05, 0.1) is 5.92 Å². The van der Waals surface area contributed by atoms with Crippen LogP contribution in [0.1, 0.15) is 59.3 Å². The fourth-order valence-corrected chi connectivity index (χ4v) is 2.67. The number of carboxylic acid groups (broad SMARTS) is 1. The molecule has 5 heteroatoms. The van der Waals surface area contributed by atoms with Crippen LogP contribution in [0.2, 0.25) is 0 Å². The van der Waals surface area contributed by atoms with E-state index < -0.39 is 5.97 Å². The Balaban J connectivity index is 2.51. The molecule has 3 unspecified atom stereocenters. The molecule has 0 spiro atoms. The molecule has 0 bridgehead atoms. The van der Waals surface area contributed by atoms with Gasteiger partial charge < -0.3 is 15.3 Å². The summed E-state index contributed by atoms with van der Waals surface area (Å²) in [5.41, 5.74) is 0. The Bertz CT molecular complexity index is 333. The van der Waals surface area contributed by atoms with Crippen molar-refractivity contribution in [2.45, 2.75) is 71.4 Å². The molecule has 1 fully saturated rings. The number of aliphatic carboxylic acids is 1. The van der Waals surface area contributed by atoms with Crippen LogP contribution in [0.25, 0.3) is 0 Å². The van der Waals surface area contributed by atoms with Gasteiger partial charge in [0.2, 0.25) is 0 Å². The van der Waals surface area contributed by atoms with Gasteiger partial charge in [-0.1, -0.05) is 20.3 Å². The maximum absolute atomic E-state index is 12.3. The summed E-state index contributed by atoms with van der Waals surface area (Å²) < 4.78 is 0. The first-order valence-electron chi connectivity index (χ1n) is 7.79. The van der Waals surface area contributed by atoms with E-state index in [0.717, 1.165) is 32.2 Å². The van der Waals surface area contributed by atoms with Gasteiger partial charge in [-0.2, -0.15) is 0 Å². The van der Waals surface area contributed by atoms with Crippen molar-refractivity contribution in [2.75, 3.05) is 6.54 Å². The topological polar surface area (TPSA) is 69.6 Å². The van der Waals surface area contributed by atoms with Gasteiger partial charge in [0, 0.05) is 18.6 Å². The molecule has 0 radical (unpaired) electrons. The quantitative estimate of drug-likeness (QED) is 0.755. The summed E-state index contributed by atoms with van der Waals surface area (Å²) in [5, 5.41) is 12.0. The number of nitrogens with zero attached hydrogens (tertiary/aromatic N) is 1. The molecule has 0 saturated heterocycles. The van der Waals surface area contributed by atoms with Gasteiger partial charge in [-0.3, -0.25) is 4.79 Å². The van der Waals surface area contributed by atoms with Crippen molar-refractivity contribution >= 4 is 12.0 Å². The maximum atomic E-state index is 12.3. The number of unbranched alkanes of at least 4 members (excludes halogenated alkanes) is 1. The molecule has 116 valence electrons. The van der Waals surface area contributed by atoms with Crippen LogP contribution in [0, 0.1) is 5.92 Å². The second-order valence-corrected chi connectivity index (χ2v) is 5.80. The minimum absolute atomic E-state index is 0.0109. The molecule has 0 aromatic rings. The van der Waals surface area contributed by atoms with E-state index in [4.69, 9.17) is 5.11 Å². The summed E-state index contributed by atoms with van der Waals surface area (Å²) >= 11 is 0. The lowest BCUT2D eigenvalue weighted by atomic mass is 10.1. The van der Waals surface area contributed by atoms with Crippen molar-refractivity contribution in [1.29, 1.82) is 0 Å². The molecular formula is C15H28N2O3. The highest BCUT2D eigenvalue weighted by Gasteiger charge is 2.31. The van der Waals surface area contributed by atoms with Crippen molar-refractivity contribution in [3.63, 3.8) is 0 Å². The summed E-state index contributed by atoms with van der Waals surface area (Å²) in [6.07, 6.45) is 4.98. The zero-order valence-corrected chi connectivity index (χ0v) is 12.9. The predicted octanol–water partition coefficient (Wildman–Crippen LogP) is 2.85. The monoisotopic (exact) mass is 284 g/mol. The maximum Gasteiger partial charge on any atom is 0.317 e. The number of hydrogen-bond acceptors (Lipinski definition) is 2. The largest absolute Gasteiger partial charge is 0.481 e. The highest BCUT2D eigenvalue weighted by Crippen LogP contribution is 2.25. The fourth-order valence-electron chi connectivity index (χ4n) is 2.67. The first-order chi connectivity index (χ1) is 9.49. The molecule has 0 heterocycles. The van der Waals surface area contributed by atoms with E-state index in [1.165, 1.54) is 0 Å². The zero-order chi connectivity index (χ0) is 15.1. The molecular weight excluding hydrogens is 256 g/mol. The first-order valence-corrected chi connectivity index (χ1v) is 7.79. The van der Waals surface area contributed by atoms with Crippen molar-refractivity contribution < 1.29 is 14.7 Å². The standard InChI is InChI=1S/C15H28N2O3/c1-4-6-9-17(11(3)5-2)15(20)16-13-8-7-12(10-13)14(18)19/h11-13H,4-10H2,1-3H3,(H,16,20)(H,18,19). The van der Waals surface area contributed by atoms with Gasteiger partial charge in [-0.15, -0.1) is 0 Å². The van der Waals surface area contributed by atoms with E-state index in [9.17, 15) is 9.59 Å². The minimum Gasteiger partial charge on any atom is -0.481 e. The Morgan fingerprint density at radius 3 is 2.55 bits per heavy atom. The molecule has 5 nitrogen and oxygen atoms in total. The smallest absolute Gasteiger partial charge is 0.317 e. The lowest BCUT2D eigenvalue weighted by Gasteiger charge is -2.30. The highest BCUT2D eigenvalue weighted by atomic mass is 16.4. The minimum atomic E-state index is -0.744. The van der Waals surface area contributed by atoms with Gasteiger partial charge in [0.25, 0.3) is 0 Å². The SMILES string of the molecule is CCCCN(C(=O)NC1CCC(C(=O)O)C1)C(C)CC. The van der Waals surface area contributed by atoms with Crippen LogP contribution in [0.15, 0.2) is 0 Å². The van der Waals surface area contributed by atoms with E-state index in [-0.39, 0.29) is 24.0 Å². The van der Waals surface area contributed by atoms with Crippen LogP contribution in [0.3, 0.4) is 0 Å². The molecule has 0 aromatic carbocycles. The van der Waals surface area contributed by atoms with Crippen LogP contribution < -0.4 is 5.32 Å². The molecule has 0 aromatic heterocycles. The Morgan fingerprint density at radius 2 is 2.05 bits per heavy atom.